The Morgan fingerprint density at radius 2 is 2.00 bits per heavy atom. The van der Waals surface area contributed by atoms with E-state index in [1.54, 1.807) is 6.07 Å². The van der Waals surface area contributed by atoms with Crippen molar-refractivity contribution in [2.75, 3.05) is 19.8 Å². The molecule has 0 heterocycles. The molecule has 1 aromatic rings. The Hall–Kier alpha value is -0.0100. The minimum atomic E-state index is -3.92. The summed E-state index contributed by atoms with van der Waals surface area (Å²) < 4.78 is 34.0. The first kappa shape index (κ1) is 17.0. The molecule has 0 aliphatic rings. The third kappa shape index (κ3) is 5.47. The van der Waals surface area contributed by atoms with Crippen LogP contribution < -0.4 is 4.74 Å². The van der Waals surface area contributed by atoms with Gasteiger partial charge in [0.2, 0.25) is 0 Å². The second kappa shape index (κ2) is 7.69. The molecule has 108 valence electrons. The van der Waals surface area contributed by atoms with Crippen LogP contribution in [-0.4, -0.2) is 28.2 Å². The molecule has 0 fully saturated rings. The average molecular weight is 392 g/mol. The maximum Gasteiger partial charge on any atom is 0.265 e. The van der Waals surface area contributed by atoms with E-state index in [2.05, 4.69) is 15.9 Å². The first-order chi connectivity index (χ1) is 8.86. The molecule has 0 aromatic heterocycles. The highest BCUT2D eigenvalue weighted by molar-refractivity contribution is 9.10. The van der Waals surface area contributed by atoms with Crippen LogP contribution in [0.4, 0.5) is 0 Å². The molecule has 19 heavy (non-hydrogen) atoms. The van der Waals surface area contributed by atoms with Crippen molar-refractivity contribution in [2.45, 2.75) is 18.2 Å². The van der Waals surface area contributed by atoms with Crippen LogP contribution in [0.15, 0.2) is 21.5 Å². The van der Waals surface area contributed by atoms with Crippen molar-refractivity contribution in [3.05, 3.63) is 21.6 Å². The van der Waals surface area contributed by atoms with Gasteiger partial charge >= 0.3 is 0 Å². The van der Waals surface area contributed by atoms with Crippen LogP contribution in [0.1, 0.15) is 13.3 Å². The van der Waals surface area contributed by atoms with Crippen molar-refractivity contribution < 1.29 is 17.9 Å². The molecule has 0 saturated heterocycles. The van der Waals surface area contributed by atoms with Crippen molar-refractivity contribution >= 4 is 47.3 Å². The van der Waals surface area contributed by atoms with Crippen molar-refractivity contribution in [1.82, 2.24) is 0 Å². The predicted octanol–water partition coefficient (Wildman–Crippen LogP) is 3.84. The van der Waals surface area contributed by atoms with Gasteiger partial charge in [0.1, 0.15) is 4.90 Å². The van der Waals surface area contributed by atoms with Crippen molar-refractivity contribution in [3.63, 3.8) is 0 Å². The fourth-order valence-electron chi connectivity index (χ4n) is 1.34. The number of ether oxygens (including phenoxy) is 2. The third-order valence-electron chi connectivity index (χ3n) is 2.12. The summed E-state index contributed by atoms with van der Waals surface area (Å²) in [6, 6.07) is 2.90. The number of hydrogen-bond donors (Lipinski definition) is 0. The largest absolute Gasteiger partial charge is 0.491 e. The summed E-state index contributed by atoms with van der Waals surface area (Å²) in [5.74, 6) is 0.0661. The zero-order valence-corrected chi connectivity index (χ0v) is 14.1. The molecule has 0 bridgehead atoms. The van der Waals surface area contributed by atoms with Crippen LogP contribution in [0.3, 0.4) is 0 Å². The van der Waals surface area contributed by atoms with Crippen molar-refractivity contribution in [3.8, 4) is 5.75 Å². The molecule has 1 rings (SSSR count). The van der Waals surface area contributed by atoms with Gasteiger partial charge in [-0.2, -0.15) is 0 Å². The summed E-state index contributed by atoms with van der Waals surface area (Å²) in [4.78, 5) is -0.148. The molecule has 0 saturated carbocycles. The van der Waals surface area contributed by atoms with Crippen LogP contribution in [0.25, 0.3) is 0 Å². The molecular weight excluding hydrogens is 379 g/mol. The van der Waals surface area contributed by atoms with Gasteiger partial charge in [0.25, 0.3) is 9.05 Å². The van der Waals surface area contributed by atoms with E-state index in [0.717, 1.165) is 0 Å². The van der Waals surface area contributed by atoms with Gasteiger partial charge in [0.15, 0.2) is 5.75 Å². The van der Waals surface area contributed by atoms with Crippen LogP contribution in [0, 0.1) is 0 Å². The Labute approximate surface area is 130 Å². The van der Waals surface area contributed by atoms with Gasteiger partial charge in [-0.1, -0.05) is 27.5 Å². The lowest BCUT2D eigenvalue weighted by molar-refractivity contribution is 0.130. The highest BCUT2D eigenvalue weighted by Crippen LogP contribution is 2.37. The summed E-state index contributed by atoms with van der Waals surface area (Å²) in [7, 11) is 1.43. The summed E-state index contributed by atoms with van der Waals surface area (Å²) in [6.45, 7) is 3.35. The molecule has 0 aliphatic carbocycles. The minimum absolute atomic E-state index is 0.0661. The van der Waals surface area contributed by atoms with Gasteiger partial charge in [0, 0.05) is 34.8 Å². The average Bonchev–Trinajstić information content (AvgIpc) is 2.29. The molecular formula is C11H13BrCl2O4S. The molecule has 0 radical (unpaired) electrons. The molecule has 8 heteroatoms. The van der Waals surface area contributed by atoms with Gasteiger partial charge in [0.05, 0.1) is 11.6 Å². The molecule has 1 aromatic carbocycles. The molecule has 0 N–H and O–H groups in total. The summed E-state index contributed by atoms with van der Waals surface area (Å²) in [5.41, 5.74) is 0. The predicted molar refractivity (Wildman–Crippen MR) is 78.8 cm³/mol. The highest BCUT2D eigenvalue weighted by atomic mass is 79.9. The topological polar surface area (TPSA) is 52.6 Å². The van der Waals surface area contributed by atoms with Gasteiger partial charge < -0.3 is 9.47 Å². The van der Waals surface area contributed by atoms with E-state index < -0.39 is 9.05 Å². The van der Waals surface area contributed by atoms with Crippen molar-refractivity contribution in [2.24, 2.45) is 0 Å². The number of hydrogen-bond acceptors (Lipinski definition) is 4. The fourth-order valence-corrected chi connectivity index (χ4v) is 3.41. The number of rotatable bonds is 7. The standard InChI is InChI=1S/C11H13BrCl2O4S/c1-2-17-4-3-5-18-11-9(13)6-8(12)7-10(11)19(14,15)16/h6-7H,2-5H2,1H3. The maximum atomic E-state index is 11.5. The summed E-state index contributed by atoms with van der Waals surface area (Å²) in [5, 5.41) is 0.185. The lowest BCUT2D eigenvalue weighted by Gasteiger charge is -2.12. The quantitative estimate of drug-likeness (QED) is 0.523. The fraction of sp³-hybridized carbons (Fsp3) is 0.455. The molecule has 0 aliphatic heterocycles. The Morgan fingerprint density at radius 3 is 2.58 bits per heavy atom. The Kier molecular flexibility index (Phi) is 6.90. The second-order valence-electron chi connectivity index (χ2n) is 3.55. The van der Waals surface area contributed by atoms with Gasteiger partial charge in [-0.3, -0.25) is 0 Å². The SMILES string of the molecule is CCOCCCOc1c(Cl)cc(Br)cc1S(=O)(=O)Cl. The van der Waals surface area contributed by atoms with Crippen LogP contribution in [0.2, 0.25) is 5.02 Å². The molecule has 0 atom stereocenters. The van der Waals surface area contributed by atoms with Gasteiger partial charge in [-0.25, -0.2) is 8.42 Å². The van der Waals surface area contributed by atoms with Crippen LogP contribution >= 0.6 is 38.2 Å². The van der Waals surface area contributed by atoms with Crippen LogP contribution in [0.5, 0.6) is 5.75 Å². The summed E-state index contributed by atoms with van der Waals surface area (Å²) >= 11 is 9.13. The smallest absolute Gasteiger partial charge is 0.265 e. The minimum Gasteiger partial charge on any atom is -0.491 e. The lowest BCUT2D eigenvalue weighted by atomic mass is 10.3. The van der Waals surface area contributed by atoms with E-state index in [1.807, 2.05) is 6.92 Å². The molecule has 0 spiro atoms. The van der Waals surface area contributed by atoms with E-state index in [-0.39, 0.29) is 15.7 Å². The zero-order chi connectivity index (χ0) is 14.5. The first-order valence-corrected chi connectivity index (χ1v) is 8.98. The van der Waals surface area contributed by atoms with Gasteiger partial charge in [-0.05, 0) is 19.1 Å². The second-order valence-corrected chi connectivity index (χ2v) is 7.41. The Morgan fingerprint density at radius 1 is 1.32 bits per heavy atom. The van der Waals surface area contributed by atoms with Gasteiger partial charge in [-0.15, -0.1) is 0 Å². The zero-order valence-electron chi connectivity index (χ0n) is 10.2. The molecule has 4 nitrogen and oxygen atoms in total. The lowest BCUT2D eigenvalue weighted by Crippen LogP contribution is -2.06. The summed E-state index contributed by atoms with van der Waals surface area (Å²) in [6.07, 6.45) is 0.627. The number of benzene rings is 1. The normalized spacial score (nSPS) is 11.6. The molecule has 0 unspecified atom stereocenters. The van der Waals surface area contributed by atoms with Crippen LogP contribution in [-0.2, 0) is 13.8 Å². The Balaban J connectivity index is 2.87. The van der Waals surface area contributed by atoms with E-state index in [0.29, 0.717) is 30.7 Å². The van der Waals surface area contributed by atoms with Crippen molar-refractivity contribution in [1.29, 1.82) is 0 Å². The first-order valence-electron chi connectivity index (χ1n) is 5.50. The van der Waals surface area contributed by atoms with E-state index in [4.69, 9.17) is 31.8 Å². The third-order valence-corrected chi connectivity index (χ3v) is 4.19. The highest BCUT2D eigenvalue weighted by Gasteiger charge is 2.20. The molecule has 0 amide bonds. The van der Waals surface area contributed by atoms with E-state index in [1.165, 1.54) is 6.07 Å². The van der Waals surface area contributed by atoms with E-state index >= 15 is 0 Å². The maximum absolute atomic E-state index is 11.5. The Bertz CT molecular complexity index is 534. The monoisotopic (exact) mass is 390 g/mol. The van der Waals surface area contributed by atoms with E-state index in [9.17, 15) is 8.42 Å². The number of halogens is 3.